The molecule has 0 unspecified atom stereocenters. The lowest BCUT2D eigenvalue weighted by Gasteiger charge is -2.31. The number of anilines is 1. The van der Waals surface area contributed by atoms with Crippen LogP contribution in [0.15, 0.2) is 66.1 Å². The third-order valence-electron chi connectivity index (χ3n) is 4.90. The molecule has 1 fully saturated rings. The zero-order valence-electron chi connectivity index (χ0n) is 16.5. The van der Waals surface area contributed by atoms with Crippen LogP contribution in [0.5, 0.6) is 5.75 Å². The molecule has 1 N–H and O–H groups in total. The number of sulfonamides is 1. The first kappa shape index (κ1) is 21.1. The average Bonchev–Trinajstić information content (AvgIpc) is 2.73. The first-order valence-electron chi connectivity index (χ1n) is 9.61. The van der Waals surface area contributed by atoms with Crippen LogP contribution in [0, 0.1) is 12.8 Å². The van der Waals surface area contributed by atoms with E-state index in [4.69, 9.17) is 4.74 Å². The molecular formula is C22H26N2O4S. The standard InChI is InChI=1S/C22H26N2O4S/c1-3-15-28-20-10-8-19(9-11-20)23-22(25)18-5-4-14-24(16-18)29(26,27)21-12-6-17(2)7-13-21/h3,6-13,18H,1,4-5,14-16H2,2H3,(H,23,25)/t18-/m1/s1. The minimum absolute atomic E-state index is 0.173. The fourth-order valence-corrected chi connectivity index (χ4v) is 4.79. The van der Waals surface area contributed by atoms with Gasteiger partial charge in [-0.05, 0) is 56.2 Å². The Morgan fingerprint density at radius 1 is 1.21 bits per heavy atom. The summed E-state index contributed by atoms with van der Waals surface area (Å²) in [6, 6.07) is 13.9. The Balaban J connectivity index is 1.64. The summed E-state index contributed by atoms with van der Waals surface area (Å²) in [6.45, 7) is 6.54. The second-order valence-electron chi connectivity index (χ2n) is 7.13. The predicted octanol–water partition coefficient (Wildman–Crippen LogP) is 3.60. The van der Waals surface area contributed by atoms with Gasteiger partial charge in [-0.15, -0.1) is 0 Å². The number of hydrogen-bond acceptors (Lipinski definition) is 4. The van der Waals surface area contributed by atoms with Crippen LogP contribution in [-0.2, 0) is 14.8 Å². The summed E-state index contributed by atoms with van der Waals surface area (Å²) < 4.78 is 32.7. The van der Waals surface area contributed by atoms with Crippen molar-refractivity contribution in [2.75, 3.05) is 25.0 Å². The molecule has 0 spiro atoms. The molecule has 0 bridgehead atoms. The number of hydrogen-bond donors (Lipinski definition) is 1. The zero-order valence-corrected chi connectivity index (χ0v) is 17.3. The van der Waals surface area contributed by atoms with Gasteiger partial charge in [0, 0.05) is 18.8 Å². The van der Waals surface area contributed by atoms with Crippen LogP contribution in [0.4, 0.5) is 5.69 Å². The number of amides is 1. The van der Waals surface area contributed by atoms with Crippen LogP contribution < -0.4 is 10.1 Å². The SMILES string of the molecule is C=CCOc1ccc(NC(=O)[C@@H]2CCCN(S(=O)(=O)c3ccc(C)cc3)C2)cc1. The molecule has 2 aromatic rings. The van der Waals surface area contributed by atoms with Crippen molar-refractivity contribution in [3.05, 3.63) is 66.7 Å². The zero-order chi connectivity index (χ0) is 20.9. The van der Waals surface area contributed by atoms with Crippen molar-refractivity contribution in [1.82, 2.24) is 4.31 Å². The lowest BCUT2D eigenvalue weighted by Crippen LogP contribution is -2.43. The van der Waals surface area contributed by atoms with Crippen molar-refractivity contribution < 1.29 is 17.9 Å². The van der Waals surface area contributed by atoms with Crippen molar-refractivity contribution in [2.45, 2.75) is 24.7 Å². The molecule has 1 aliphatic rings. The molecule has 0 aromatic heterocycles. The van der Waals surface area contributed by atoms with Crippen molar-refractivity contribution in [1.29, 1.82) is 0 Å². The van der Waals surface area contributed by atoms with E-state index in [1.165, 1.54) is 4.31 Å². The molecule has 29 heavy (non-hydrogen) atoms. The third kappa shape index (κ3) is 5.25. The van der Waals surface area contributed by atoms with Crippen LogP contribution in [0.25, 0.3) is 0 Å². The summed E-state index contributed by atoms with van der Waals surface area (Å²) in [5.41, 5.74) is 1.65. The van der Waals surface area contributed by atoms with Crippen LogP contribution in [-0.4, -0.2) is 38.3 Å². The highest BCUT2D eigenvalue weighted by Crippen LogP contribution is 2.25. The summed E-state index contributed by atoms with van der Waals surface area (Å²) in [5.74, 6) is 0.130. The first-order chi connectivity index (χ1) is 13.9. The molecule has 154 valence electrons. The van der Waals surface area contributed by atoms with E-state index >= 15 is 0 Å². The van der Waals surface area contributed by atoms with Gasteiger partial charge in [0.1, 0.15) is 12.4 Å². The summed E-state index contributed by atoms with van der Waals surface area (Å²) >= 11 is 0. The lowest BCUT2D eigenvalue weighted by atomic mass is 9.99. The van der Waals surface area contributed by atoms with Gasteiger partial charge < -0.3 is 10.1 Å². The molecule has 1 atom stereocenters. The third-order valence-corrected chi connectivity index (χ3v) is 6.78. The van der Waals surface area contributed by atoms with Crippen LogP contribution in [0.2, 0.25) is 0 Å². The van der Waals surface area contributed by atoms with E-state index in [-0.39, 0.29) is 23.3 Å². The average molecular weight is 415 g/mol. The highest BCUT2D eigenvalue weighted by Gasteiger charge is 2.33. The Morgan fingerprint density at radius 2 is 1.90 bits per heavy atom. The number of carbonyl (C=O) groups is 1. The second kappa shape index (κ2) is 9.24. The molecule has 3 rings (SSSR count). The largest absolute Gasteiger partial charge is 0.490 e. The maximum absolute atomic E-state index is 12.9. The van der Waals surface area contributed by atoms with E-state index < -0.39 is 10.0 Å². The predicted molar refractivity (Wildman–Crippen MR) is 113 cm³/mol. The maximum Gasteiger partial charge on any atom is 0.243 e. The van der Waals surface area contributed by atoms with E-state index in [0.717, 1.165) is 5.56 Å². The maximum atomic E-state index is 12.9. The highest BCUT2D eigenvalue weighted by molar-refractivity contribution is 7.89. The Kier molecular flexibility index (Phi) is 6.71. The monoisotopic (exact) mass is 414 g/mol. The molecule has 7 heteroatoms. The molecule has 2 aromatic carbocycles. The van der Waals surface area contributed by atoms with E-state index in [2.05, 4.69) is 11.9 Å². The van der Waals surface area contributed by atoms with Crippen LogP contribution in [0.3, 0.4) is 0 Å². The summed E-state index contributed by atoms with van der Waals surface area (Å²) in [5, 5.41) is 2.88. The number of ether oxygens (including phenoxy) is 1. The molecule has 1 amide bonds. The first-order valence-corrected chi connectivity index (χ1v) is 11.1. The molecule has 6 nitrogen and oxygen atoms in total. The van der Waals surface area contributed by atoms with Gasteiger partial charge in [0.15, 0.2) is 0 Å². The molecule has 0 radical (unpaired) electrons. The number of benzene rings is 2. The number of rotatable bonds is 7. The molecule has 0 saturated carbocycles. The van der Waals surface area contributed by atoms with Gasteiger partial charge in [-0.2, -0.15) is 4.31 Å². The van der Waals surface area contributed by atoms with Gasteiger partial charge >= 0.3 is 0 Å². The van der Waals surface area contributed by atoms with Gasteiger partial charge in [-0.3, -0.25) is 4.79 Å². The number of nitrogens with one attached hydrogen (secondary N) is 1. The second-order valence-corrected chi connectivity index (χ2v) is 9.07. The fourth-order valence-electron chi connectivity index (χ4n) is 3.27. The summed E-state index contributed by atoms with van der Waals surface area (Å²) in [6.07, 6.45) is 2.97. The molecule has 1 aliphatic heterocycles. The fraction of sp³-hybridized carbons (Fsp3) is 0.318. The van der Waals surface area contributed by atoms with E-state index in [0.29, 0.717) is 37.4 Å². The Bertz CT molecular complexity index is 953. The van der Waals surface area contributed by atoms with Crippen molar-refractivity contribution in [2.24, 2.45) is 5.92 Å². The van der Waals surface area contributed by atoms with Crippen molar-refractivity contribution >= 4 is 21.6 Å². The van der Waals surface area contributed by atoms with Gasteiger partial charge in [0.25, 0.3) is 0 Å². The Hall–Kier alpha value is -2.64. The van der Waals surface area contributed by atoms with E-state index in [1.54, 1.807) is 54.6 Å². The van der Waals surface area contributed by atoms with Crippen LogP contribution in [0.1, 0.15) is 18.4 Å². The van der Waals surface area contributed by atoms with Crippen LogP contribution >= 0.6 is 0 Å². The molecule has 1 saturated heterocycles. The topological polar surface area (TPSA) is 75.7 Å². The smallest absolute Gasteiger partial charge is 0.243 e. The minimum atomic E-state index is -3.60. The van der Waals surface area contributed by atoms with Crippen molar-refractivity contribution in [3.63, 3.8) is 0 Å². The normalized spacial score (nSPS) is 17.5. The Morgan fingerprint density at radius 3 is 2.55 bits per heavy atom. The lowest BCUT2D eigenvalue weighted by molar-refractivity contribution is -0.120. The van der Waals surface area contributed by atoms with Crippen molar-refractivity contribution in [3.8, 4) is 5.75 Å². The quantitative estimate of drug-likeness (QED) is 0.703. The Labute approximate surface area is 172 Å². The minimum Gasteiger partial charge on any atom is -0.490 e. The van der Waals surface area contributed by atoms with Gasteiger partial charge in [-0.1, -0.05) is 30.4 Å². The molecular weight excluding hydrogens is 388 g/mol. The molecule has 1 heterocycles. The number of aryl methyl sites for hydroxylation is 1. The number of nitrogens with zero attached hydrogens (tertiary/aromatic N) is 1. The van der Waals surface area contributed by atoms with Gasteiger partial charge in [0.2, 0.25) is 15.9 Å². The number of piperidine rings is 1. The van der Waals surface area contributed by atoms with Gasteiger partial charge in [-0.25, -0.2) is 8.42 Å². The number of carbonyl (C=O) groups excluding carboxylic acids is 1. The molecule has 0 aliphatic carbocycles. The van der Waals surface area contributed by atoms with E-state index in [9.17, 15) is 13.2 Å². The van der Waals surface area contributed by atoms with E-state index in [1.807, 2.05) is 6.92 Å². The van der Waals surface area contributed by atoms with Gasteiger partial charge in [0.05, 0.1) is 10.8 Å². The highest BCUT2D eigenvalue weighted by atomic mass is 32.2. The summed E-state index contributed by atoms with van der Waals surface area (Å²) in [4.78, 5) is 13.0. The summed E-state index contributed by atoms with van der Waals surface area (Å²) in [7, 11) is -3.60.